The van der Waals surface area contributed by atoms with Crippen LogP contribution < -0.4 is 4.90 Å². The summed E-state index contributed by atoms with van der Waals surface area (Å²) < 4.78 is 16.4. The van der Waals surface area contributed by atoms with E-state index >= 15 is 0 Å². The number of hydrogen-bond acceptors (Lipinski definition) is 5. The number of benzene rings is 1. The average molecular weight is 367 g/mol. The first-order chi connectivity index (χ1) is 12.6. The van der Waals surface area contributed by atoms with E-state index in [-0.39, 0.29) is 23.8 Å². The van der Waals surface area contributed by atoms with Crippen LogP contribution in [-0.2, 0) is 13.6 Å². The lowest BCUT2D eigenvalue weighted by atomic mass is 10.2. The van der Waals surface area contributed by atoms with E-state index < -0.39 is 5.82 Å². The maximum absolute atomic E-state index is 14.0. The van der Waals surface area contributed by atoms with E-state index in [0.717, 1.165) is 5.56 Å². The molecule has 0 bridgehead atoms. The molecule has 8 heteroatoms. The van der Waals surface area contributed by atoms with Crippen molar-refractivity contribution in [1.82, 2.24) is 19.5 Å². The summed E-state index contributed by atoms with van der Waals surface area (Å²) in [6, 6.07) is 8.45. The molecule has 1 amide bonds. The van der Waals surface area contributed by atoms with Gasteiger partial charge in [0.1, 0.15) is 11.3 Å². The van der Waals surface area contributed by atoms with Crippen LogP contribution in [0.3, 0.4) is 0 Å². The minimum atomic E-state index is -0.407. The highest BCUT2D eigenvalue weighted by molar-refractivity contribution is 7.22. The second kappa shape index (κ2) is 6.64. The standard InChI is InChI=1S/C18H14FN5OS/c1-23-9-8-21-16(23)17(25)24(11-12-4-3-7-20-10-12)18-22-15-13(19)5-2-6-14(15)26-18/h2-10H,11H2,1H3. The molecule has 0 saturated heterocycles. The number of rotatable bonds is 4. The maximum Gasteiger partial charge on any atom is 0.296 e. The number of fused-ring (bicyclic) bond motifs is 1. The minimum Gasteiger partial charge on any atom is -0.330 e. The summed E-state index contributed by atoms with van der Waals surface area (Å²) in [7, 11) is 1.75. The van der Waals surface area contributed by atoms with Gasteiger partial charge in [0.05, 0.1) is 11.2 Å². The molecule has 4 rings (SSSR count). The van der Waals surface area contributed by atoms with Crippen molar-refractivity contribution in [2.45, 2.75) is 6.54 Å². The third kappa shape index (κ3) is 2.95. The Kier molecular flexibility index (Phi) is 4.18. The Morgan fingerprint density at radius 1 is 1.27 bits per heavy atom. The molecule has 0 N–H and O–H groups in total. The van der Waals surface area contributed by atoms with Gasteiger partial charge in [-0.1, -0.05) is 23.5 Å². The Morgan fingerprint density at radius 2 is 2.15 bits per heavy atom. The normalized spacial score (nSPS) is 11.0. The maximum atomic E-state index is 14.0. The Bertz CT molecular complexity index is 1080. The molecule has 0 atom stereocenters. The van der Waals surface area contributed by atoms with E-state index in [2.05, 4.69) is 15.0 Å². The van der Waals surface area contributed by atoms with E-state index in [4.69, 9.17) is 0 Å². The number of halogens is 1. The predicted molar refractivity (Wildman–Crippen MR) is 97.5 cm³/mol. The summed E-state index contributed by atoms with van der Waals surface area (Å²) in [6.45, 7) is 0.265. The Labute approximate surface area is 152 Å². The van der Waals surface area contributed by atoms with Crippen molar-refractivity contribution in [2.24, 2.45) is 7.05 Å². The van der Waals surface area contributed by atoms with E-state index in [0.29, 0.717) is 9.83 Å². The summed E-state index contributed by atoms with van der Waals surface area (Å²) in [6.07, 6.45) is 6.62. The number of amides is 1. The van der Waals surface area contributed by atoms with Crippen LogP contribution in [0.1, 0.15) is 16.2 Å². The highest BCUT2D eigenvalue weighted by Crippen LogP contribution is 2.31. The van der Waals surface area contributed by atoms with Gasteiger partial charge in [0.25, 0.3) is 5.91 Å². The van der Waals surface area contributed by atoms with E-state index in [1.807, 2.05) is 6.07 Å². The van der Waals surface area contributed by atoms with Gasteiger partial charge in [-0.3, -0.25) is 14.7 Å². The number of aryl methyl sites for hydroxylation is 1. The van der Waals surface area contributed by atoms with Crippen molar-refractivity contribution in [2.75, 3.05) is 4.90 Å². The van der Waals surface area contributed by atoms with E-state index in [9.17, 15) is 9.18 Å². The predicted octanol–water partition coefficient (Wildman–Crippen LogP) is 3.41. The van der Waals surface area contributed by atoms with Crippen LogP contribution in [0.2, 0.25) is 0 Å². The van der Waals surface area contributed by atoms with Gasteiger partial charge >= 0.3 is 0 Å². The molecule has 1 aromatic carbocycles. The second-order valence-corrected chi connectivity index (χ2v) is 6.71. The van der Waals surface area contributed by atoms with Crippen LogP contribution in [0.4, 0.5) is 9.52 Å². The second-order valence-electron chi connectivity index (χ2n) is 5.70. The average Bonchev–Trinajstić information content (AvgIpc) is 3.27. The van der Waals surface area contributed by atoms with Gasteiger partial charge in [-0.05, 0) is 23.8 Å². The lowest BCUT2D eigenvalue weighted by molar-refractivity contribution is 0.0972. The molecule has 0 aliphatic rings. The molecular weight excluding hydrogens is 353 g/mol. The fourth-order valence-corrected chi connectivity index (χ4v) is 3.59. The molecule has 0 aliphatic carbocycles. The van der Waals surface area contributed by atoms with Gasteiger partial charge in [0.2, 0.25) is 0 Å². The van der Waals surface area contributed by atoms with Crippen LogP contribution in [0, 0.1) is 5.82 Å². The molecular formula is C18H14FN5OS. The largest absolute Gasteiger partial charge is 0.330 e. The van der Waals surface area contributed by atoms with Gasteiger partial charge in [-0.15, -0.1) is 0 Å². The number of carbonyl (C=O) groups is 1. The molecule has 130 valence electrons. The third-order valence-electron chi connectivity index (χ3n) is 3.91. The van der Waals surface area contributed by atoms with Crippen molar-refractivity contribution in [3.63, 3.8) is 0 Å². The van der Waals surface area contributed by atoms with Crippen molar-refractivity contribution in [1.29, 1.82) is 0 Å². The number of anilines is 1. The number of hydrogen-bond donors (Lipinski definition) is 0. The zero-order chi connectivity index (χ0) is 18.1. The fourth-order valence-electron chi connectivity index (χ4n) is 2.61. The van der Waals surface area contributed by atoms with Crippen LogP contribution >= 0.6 is 11.3 Å². The molecule has 0 radical (unpaired) electrons. The molecule has 6 nitrogen and oxygen atoms in total. The number of aromatic nitrogens is 4. The SMILES string of the molecule is Cn1ccnc1C(=O)N(Cc1cccnc1)c1nc2c(F)cccc2s1. The molecule has 26 heavy (non-hydrogen) atoms. The molecule has 3 aromatic heterocycles. The number of para-hydroxylation sites is 1. The zero-order valence-electron chi connectivity index (χ0n) is 13.8. The van der Waals surface area contributed by atoms with E-state index in [1.54, 1.807) is 54.6 Å². The summed E-state index contributed by atoms with van der Waals surface area (Å²) in [5.74, 6) is -0.426. The summed E-state index contributed by atoms with van der Waals surface area (Å²) >= 11 is 1.27. The van der Waals surface area contributed by atoms with Crippen molar-refractivity contribution >= 4 is 32.6 Å². The highest BCUT2D eigenvalue weighted by atomic mass is 32.1. The van der Waals surface area contributed by atoms with Crippen molar-refractivity contribution in [3.8, 4) is 0 Å². The molecule has 3 heterocycles. The van der Waals surface area contributed by atoms with Gasteiger partial charge in [0, 0.05) is 31.8 Å². The van der Waals surface area contributed by atoms with Gasteiger partial charge in [-0.2, -0.15) is 0 Å². The zero-order valence-corrected chi connectivity index (χ0v) is 14.7. The smallest absolute Gasteiger partial charge is 0.296 e. The topological polar surface area (TPSA) is 63.9 Å². The summed E-state index contributed by atoms with van der Waals surface area (Å²) in [5, 5.41) is 0.418. The van der Waals surface area contributed by atoms with Crippen LogP contribution in [-0.4, -0.2) is 25.4 Å². The minimum absolute atomic E-state index is 0.260. The first kappa shape index (κ1) is 16.3. The molecule has 0 spiro atoms. The third-order valence-corrected chi connectivity index (χ3v) is 4.95. The number of imidazole rings is 1. The number of carbonyl (C=O) groups excluding carboxylic acids is 1. The monoisotopic (exact) mass is 367 g/mol. The molecule has 0 unspecified atom stereocenters. The van der Waals surface area contributed by atoms with Gasteiger partial charge in [0.15, 0.2) is 11.0 Å². The summed E-state index contributed by atoms with van der Waals surface area (Å²) in [4.78, 5) is 27.2. The van der Waals surface area contributed by atoms with Crippen LogP contribution in [0.25, 0.3) is 10.2 Å². The first-order valence-corrected chi connectivity index (χ1v) is 8.68. The number of pyridine rings is 1. The van der Waals surface area contributed by atoms with Crippen molar-refractivity contribution in [3.05, 3.63) is 72.3 Å². The Hall–Kier alpha value is -3.13. The molecule has 0 aliphatic heterocycles. The molecule has 0 saturated carbocycles. The van der Waals surface area contributed by atoms with Crippen LogP contribution in [0.5, 0.6) is 0 Å². The van der Waals surface area contributed by atoms with Crippen molar-refractivity contribution < 1.29 is 9.18 Å². The number of thiazole rings is 1. The first-order valence-electron chi connectivity index (χ1n) is 7.86. The molecule has 0 fully saturated rings. The molecule has 4 aromatic rings. The lowest BCUT2D eigenvalue weighted by Crippen LogP contribution is -2.32. The summed E-state index contributed by atoms with van der Waals surface area (Å²) in [5.41, 5.74) is 1.10. The van der Waals surface area contributed by atoms with Gasteiger partial charge in [-0.25, -0.2) is 14.4 Å². The highest BCUT2D eigenvalue weighted by Gasteiger charge is 2.25. The Morgan fingerprint density at radius 3 is 2.85 bits per heavy atom. The Balaban J connectivity index is 1.80. The van der Waals surface area contributed by atoms with Gasteiger partial charge < -0.3 is 4.57 Å². The van der Waals surface area contributed by atoms with E-state index in [1.165, 1.54) is 22.3 Å². The fraction of sp³-hybridized carbons (Fsp3) is 0.111. The number of nitrogens with zero attached hydrogens (tertiary/aromatic N) is 5. The quantitative estimate of drug-likeness (QED) is 0.554. The van der Waals surface area contributed by atoms with Crippen LogP contribution in [0.15, 0.2) is 55.1 Å². The lowest BCUT2D eigenvalue weighted by Gasteiger charge is -2.19.